The van der Waals surface area contributed by atoms with E-state index in [1.807, 2.05) is 37.3 Å². The van der Waals surface area contributed by atoms with Crippen molar-refractivity contribution in [1.29, 1.82) is 0 Å². The first-order valence-corrected chi connectivity index (χ1v) is 8.16. The maximum absolute atomic E-state index is 12.6. The van der Waals surface area contributed by atoms with Gasteiger partial charge in [0, 0.05) is 0 Å². The van der Waals surface area contributed by atoms with Gasteiger partial charge >= 0.3 is 5.97 Å². The third-order valence-corrected chi connectivity index (χ3v) is 3.59. The van der Waals surface area contributed by atoms with Crippen molar-refractivity contribution in [3.63, 3.8) is 0 Å². The minimum atomic E-state index is -1.15. The summed E-state index contributed by atoms with van der Waals surface area (Å²) in [6, 6.07) is 9.80. The van der Waals surface area contributed by atoms with E-state index in [0.717, 1.165) is 5.56 Å². The topological polar surface area (TPSA) is 64.4 Å². The van der Waals surface area contributed by atoms with Crippen LogP contribution in [0.3, 0.4) is 0 Å². The van der Waals surface area contributed by atoms with Gasteiger partial charge in [-0.25, -0.2) is 9.78 Å². The minimum Gasteiger partial charge on any atom is -0.442 e. The zero-order chi connectivity index (χ0) is 18.7. The van der Waals surface area contributed by atoms with Gasteiger partial charge in [-0.05, 0) is 40.2 Å². The molecule has 5 heteroatoms. The molecule has 2 aromatic rings. The quantitative estimate of drug-likeness (QED) is 0.686. The van der Waals surface area contributed by atoms with E-state index in [4.69, 9.17) is 4.74 Å². The van der Waals surface area contributed by atoms with Crippen LogP contribution in [0.25, 0.3) is 0 Å². The first kappa shape index (κ1) is 18.8. The highest BCUT2D eigenvalue weighted by Gasteiger charge is 2.25. The van der Waals surface area contributed by atoms with Crippen molar-refractivity contribution in [3.05, 3.63) is 54.1 Å². The van der Waals surface area contributed by atoms with Gasteiger partial charge in [0.25, 0.3) is 0 Å². The van der Waals surface area contributed by atoms with Crippen LogP contribution in [0.2, 0.25) is 0 Å². The van der Waals surface area contributed by atoms with Crippen LogP contribution in [0.15, 0.2) is 42.9 Å². The number of carbonyl (C=O) groups is 1. The van der Waals surface area contributed by atoms with Crippen LogP contribution in [-0.2, 0) is 4.74 Å². The van der Waals surface area contributed by atoms with Gasteiger partial charge in [-0.2, -0.15) is 0 Å². The van der Waals surface area contributed by atoms with Crippen molar-refractivity contribution in [2.75, 3.05) is 0 Å². The maximum atomic E-state index is 12.6. The summed E-state index contributed by atoms with van der Waals surface area (Å²) in [7, 11) is 0. The van der Waals surface area contributed by atoms with Crippen molar-refractivity contribution in [1.82, 2.24) is 9.55 Å². The summed E-state index contributed by atoms with van der Waals surface area (Å²) in [6.45, 7) is 8.52. The minimum absolute atomic E-state index is 0.0585. The fourth-order valence-electron chi connectivity index (χ4n) is 2.28. The monoisotopic (exact) mass is 340 g/mol. The molecule has 0 spiro atoms. The Balaban J connectivity index is 2.21. The first-order chi connectivity index (χ1) is 11.6. The lowest BCUT2D eigenvalue weighted by Crippen LogP contribution is -2.29. The van der Waals surface area contributed by atoms with Crippen LogP contribution in [0.4, 0.5) is 0 Å². The van der Waals surface area contributed by atoms with Crippen molar-refractivity contribution in [2.45, 2.75) is 51.9 Å². The fraction of sp³-hybridized carbons (Fsp3) is 0.400. The standard InChI is InChI=1S/C20H24N2O3/c1-15(16-9-7-6-8-10-16)22-14-21-13-17(22)18(23)25-20(4,5)12-11-19(2,3)24/h6-10,13-15,24H,1-5H3. The van der Waals surface area contributed by atoms with Crippen LogP contribution >= 0.6 is 0 Å². The predicted octanol–water partition coefficient (Wildman–Crippen LogP) is 3.20. The van der Waals surface area contributed by atoms with E-state index >= 15 is 0 Å². The lowest BCUT2D eigenvalue weighted by atomic mass is 10.1. The van der Waals surface area contributed by atoms with Crippen LogP contribution < -0.4 is 0 Å². The molecule has 1 aromatic carbocycles. The van der Waals surface area contributed by atoms with E-state index in [-0.39, 0.29) is 6.04 Å². The molecular formula is C20H24N2O3. The van der Waals surface area contributed by atoms with Crippen molar-refractivity contribution in [2.24, 2.45) is 0 Å². The third kappa shape index (κ3) is 5.20. The van der Waals surface area contributed by atoms with Crippen LogP contribution in [0.5, 0.6) is 0 Å². The van der Waals surface area contributed by atoms with Gasteiger partial charge in [0.2, 0.25) is 0 Å². The van der Waals surface area contributed by atoms with Crippen LogP contribution in [0, 0.1) is 11.8 Å². The summed E-state index contributed by atoms with van der Waals surface area (Å²) in [4.78, 5) is 16.7. The molecule has 0 aliphatic rings. The number of rotatable bonds is 4. The summed E-state index contributed by atoms with van der Waals surface area (Å²) in [5.41, 5.74) is -0.750. The van der Waals surface area contributed by atoms with Gasteiger partial charge in [-0.1, -0.05) is 42.2 Å². The number of esters is 1. The molecule has 132 valence electrons. The highest BCUT2D eigenvalue weighted by Crippen LogP contribution is 2.21. The number of hydrogen-bond donors (Lipinski definition) is 1. The number of imidazole rings is 1. The second-order valence-electron chi connectivity index (χ2n) is 6.98. The van der Waals surface area contributed by atoms with Gasteiger partial charge < -0.3 is 14.4 Å². The Labute approximate surface area is 148 Å². The molecule has 1 unspecified atom stereocenters. The molecule has 0 bridgehead atoms. The molecule has 0 fully saturated rings. The first-order valence-electron chi connectivity index (χ1n) is 8.16. The Kier molecular flexibility index (Phi) is 5.34. The maximum Gasteiger partial charge on any atom is 0.358 e. The Morgan fingerprint density at radius 3 is 2.44 bits per heavy atom. The SMILES string of the molecule is CC(c1ccccc1)n1cncc1C(=O)OC(C)(C)C#CC(C)(C)O. The van der Waals surface area contributed by atoms with Crippen molar-refractivity contribution < 1.29 is 14.6 Å². The molecule has 0 aliphatic carbocycles. The number of aliphatic hydroxyl groups is 1. The van der Waals surface area contributed by atoms with E-state index in [1.165, 1.54) is 6.20 Å². The number of nitrogens with zero attached hydrogens (tertiary/aromatic N) is 2. The summed E-state index contributed by atoms with van der Waals surface area (Å²) >= 11 is 0. The number of benzene rings is 1. The molecule has 2 rings (SSSR count). The summed E-state index contributed by atoms with van der Waals surface area (Å²) < 4.78 is 7.29. The highest BCUT2D eigenvalue weighted by molar-refractivity contribution is 5.88. The molecule has 0 amide bonds. The van der Waals surface area contributed by atoms with E-state index in [9.17, 15) is 9.90 Å². The predicted molar refractivity (Wildman–Crippen MR) is 96.1 cm³/mol. The molecule has 0 saturated heterocycles. The normalized spacial score (nSPS) is 12.9. The molecule has 5 nitrogen and oxygen atoms in total. The van der Waals surface area contributed by atoms with E-state index in [0.29, 0.717) is 5.69 Å². The largest absolute Gasteiger partial charge is 0.442 e. The van der Waals surface area contributed by atoms with Crippen LogP contribution in [-0.4, -0.2) is 31.8 Å². The molecule has 1 heterocycles. The fourth-order valence-corrected chi connectivity index (χ4v) is 2.28. The molecule has 0 saturated carbocycles. The Morgan fingerprint density at radius 1 is 1.20 bits per heavy atom. The van der Waals surface area contributed by atoms with Gasteiger partial charge in [-0.3, -0.25) is 0 Å². The van der Waals surface area contributed by atoms with E-state index in [2.05, 4.69) is 16.8 Å². The molecule has 1 atom stereocenters. The van der Waals surface area contributed by atoms with Gasteiger partial charge in [0.05, 0.1) is 18.6 Å². The lowest BCUT2D eigenvalue weighted by Gasteiger charge is -2.21. The number of carbonyl (C=O) groups excluding carboxylic acids is 1. The lowest BCUT2D eigenvalue weighted by molar-refractivity contribution is 0.0187. The number of aromatic nitrogens is 2. The average Bonchev–Trinajstić information content (AvgIpc) is 3.02. The summed E-state index contributed by atoms with van der Waals surface area (Å²) in [5, 5.41) is 9.71. The van der Waals surface area contributed by atoms with E-state index < -0.39 is 17.2 Å². The van der Waals surface area contributed by atoms with Crippen molar-refractivity contribution >= 4 is 5.97 Å². The third-order valence-electron chi connectivity index (χ3n) is 3.59. The Hall–Kier alpha value is -2.58. The van der Waals surface area contributed by atoms with Gasteiger partial charge in [0.1, 0.15) is 11.3 Å². The van der Waals surface area contributed by atoms with Gasteiger partial charge in [0.15, 0.2) is 5.60 Å². The average molecular weight is 340 g/mol. The highest BCUT2D eigenvalue weighted by atomic mass is 16.6. The molecule has 1 N–H and O–H groups in total. The second kappa shape index (κ2) is 7.12. The van der Waals surface area contributed by atoms with E-state index in [1.54, 1.807) is 38.6 Å². The smallest absolute Gasteiger partial charge is 0.358 e. The molecule has 0 radical (unpaired) electrons. The summed E-state index contributed by atoms with van der Waals surface area (Å²) in [6.07, 6.45) is 3.10. The van der Waals surface area contributed by atoms with Gasteiger partial charge in [-0.15, -0.1) is 0 Å². The molecular weight excluding hydrogens is 316 g/mol. The molecule has 1 aromatic heterocycles. The molecule has 0 aliphatic heterocycles. The Bertz CT molecular complexity index is 790. The summed E-state index contributed by atoms with van der Waals surface area (Å²) in [5.74, 6) is 4.98. The second-order valence-corrected chi connectivity index (χ2v) is 6.98. The number of hydrogen-bond acceptors (Lipinski definition) is 4. The van der Waals surface area contributed by atoms with Crippen LogP contribution in [0.1, 0.15) is 56.7 Å². The number of ether oxygens (including phenoxy) is 1. The zero-order valence-corrected chi connectivity index (χ0v) is 15.3. The zero-order valence-electron chi connectivity index (χ0n) is 15.3. The van der Waals surface area contributed by atoms with Crippen molar-refractivity contribution in [3.8, 4) is 11.8 Å². The molecule has 25 heavy (non-hydrogen) atoms. The Morgan fingerprint density at radius 2 is 1.84 bits per heavy atom.